The summed E-state index contributed by atoms with van der Waals surface area (Å²) in [5.41, 5.74) is 0.918. The number of rotatable bonds is 7. The zero-order chi connectivity index (χ0) is 17.5. The van der Waals surface area contributed by atoms with Gasteiger partial charge in [0.1, 0.15) is 17.2 Å². The quantitative estimate of drug-likeness (QED) is 0.846. The van der Waals surface area contributed by atoms with E-state index >= 15 is 0 Å². The third-order valence-corrected chi connectivity index (χ3v) is 3.69. The number of para-hydroxylation sites is 1. The maximum absolute atomic E-state index is 12.4. The van der Waals surface area contributed by atoms with Gasteiger partial charge in [-0.05, 0) is 32.0 Å². The average Bonchev–Trinajstić information content (AvgIpc) is 2.61. The molecule has 0 aliphatic heterocycles. The van der Waals surface area contributed by atoms with Gasteiger partial charge in [0.05, 0.1) is 20.3 Å². The summed E-state index contributed by atoms with van der Waals surface area (Å²) in [7, 11) is 3.20. The molecule has 24 heavy (non-hydrogen) atoms. The summed E-state index contributed by atoms with van der Waals surface area (Å²) >= 11 is 0. The van der Waals surface area contributed by atoms with Gasteiger partial charge >= 0.3 is 0 Å². The lowest BCUT2D eigenvalue weighted by Gasteiger charge is -2.20. The van der Waals surface area contributed by atoms with Crippen LogP contribution in [0.1, 0.15) is 25.5 Å². The van der Waals surface area contributed by atoms with E-state index in [2.05, 4.69) is 5.32 Å². The molecule has 0 saturated heterocycles. The van der Waals surface area contributed by atoms with Gasteiger partial charge < -0.3 is 19.5 Å². The summed E-state index contributed by atoms with van der Waals surface area (Å²) in [6, 6.07) is 14.6. The maximum atomic E-state index is 12.4. The molecule has 0 aromatic heterocycles. The van der Waals surface area contributed by atoms with Crippen molar-refractivity contribution in [2.45, 2.75) is 26.0 Å². The van der Waals surface area contributed by atoms with Crippen LogP contribution in [-0.4, -0.2) is 26.2 Å². The van der Waals surface area contributed by atoms with Crippen LogP contribution in [0.25, 0.3) is 0 Å². The minimum absolute atomic E-state index is 0.190. The summed E-state index contributed by atoms with van der Waals surface area (Å²) in [6.07, 6.45) is -0.630. The van der Waals surface area contributed by atoms with E-state index in [0.717, 1.165) is 11.3 Å². The molecule has 0 fully saturated rings. The van der Waals surface area contributed by atoms with Gasteiger partial charge in [-0.25, -0.2) is 0 Å². The SMILES string of the molecule is COc1cccc(O[C@@H](C)C(=O)N[C@@H](C)c2ccccc2OC)c1. The molecule has 0 saturated carbocycles. The maximum Gasteiger partial charge on any atom is 0.261 e. The molecule has 0 unspecified atom stereocenters. The molecule has 128 valence electrons. The van der Waals surface area contributed by atoms with Crippen LogP contribution in [0.3, 0.4) is 0 Å². The molecule has 0 heterocycles. The molecule has 1 N–H and O–H groups in total. The zero-order valence-corrected chi connectivity index (χ0v) is 14.4. The summed E-state index contributed by atoms with van der Waals surface area (Å²) in [5.74, 6) is 1.81. The Morgan fingerprint density at radius 1 is 0.958 bits per heavy atom. The monoisotopic (exact) mass is 329 g/mol. The molecular formula is C19H23NO4. The summed E-state index contributed by atoms with van der Waals surface area (Å²) in [5, 5.41) is 2.94. The first-order chi connectivity index (χ1) is 11.5. The first kappa shape index (κ1) is 17.7. The van der Waals surface area contributed by atoms with Gasteiger partial charge in [0.25, 0.3) is 5.91 Å². The third kappa shape index (κ3) is 4.41. The molecule has 1 amide bonds. The van der Waals surface area contributed by atoms with Crippen molar-refractivity contribution >= 4 is 5.91 Å². The van der Waals surface area contributed by atoms with Crippen LogP contribution in [0.5, 0.6) is 17.2 Å². The number of carbonyl (C=O) groups excluding carboxylic acids is 1. The lowest BCUT2D eigenvalue weighted by molar-refractivity contribution is -0.127. The highest BCUT2D eigenvalue weighted by atomic mass is 16.5. The number of hydrogen-bond donors (Lipinski definition) is 1. The van der Waals surface area contributed by atoms with Crippen LogP contribution < -0.4 is 19.5 Å². The van der Waals surface area contributed by atoms with Crippen molar-refractivity contribution in [2.24, 2.45) is 0 Å². The van der Waals surface area contributed by atoms with Crippen LogP contribution in [0.15, 0.2) is 48.5 Å². The van der Waals surface area contributed by atoms with Crippen LogP contribution in [0.2, 0.25) is 0 Å². The summed E-state index contributed by atoms with van der Waals surface area (Å²) in [4.78, 5) is 12.4. The van der Waals surface area contributed by atoms with E-state index in [4.69, 9.17) is 14.2 Å². The second-order valence-electron chi connectivity index (χ2n) is 5.41. The molecular weight excluding hydrogens is 306 g/mol. The Labute approximate surface area is 142 Å². The Bertz CT molecular complexity index is 687. The van der Waals surface area contributed by atoms with Gasteiger partial charge in [-0.3, -0.25) is 4.79 Å². The smallest absolute Gasteiger partial charge is 0.261 e. The van der Waals surface area contributed by atoms with Crippen molar-refractivity contribution in [1.29, 1.82) is 0 Å². The second kappa shape index (κ2) is 8.24. The largest absolute Gasteiger partial charge is 0.497 e. The van der Waals surface area contributed by atoms with Crippen LogP contribution >= 0.6 is 0 Å². The van der Waals surface area contributed by atoms with E-state index in [1.165, 1.54) is 0 Å². The molecule has 0 bridgehead atoms. The Morgan fingerprint density at radius 2 is 1.67 bits per heavy atom. The highest BCUT2D eigenvalue weighted by Gasteiger charge is 2.19. The van der Waals surface area contributed by atoms with Crippen LogP contribution in [0.4, 0.5) is 0 Å². The summed E-state index contributed by atoms with van der Waals surface area (Å²) < 4.78 is 16.2. The van der Waals surface area contributed by atoms with Gasteiger partial charge in [-0.1, -0.05) is 24.3 Å². The van der Waals surface area contributed by atoms with Crippen molar-refractivity contribution in [3.63, 3.8) is 0 Å². The van der Waals surface area contributed by atoms with Gasteiger partial charge in [-0.2, -0.15) is 0 Å². The molecule has 5 nitrogen and oxygen atoms in total. The Hall–Kier alpha value is -2.69. The Kier molecular flexibility index (Phi) is 6.07. The van der Waals surface area contributed by atoms with Crippen molar-refractivity contribution in [3.05, 3.63) is 54.1 Å². The first-order valence-electron chi connectivity index (χ1n) is 7.79. The van der Waals surface area contributed by atoms with E-state index in [0.29, 0.717) is 11.5 Å². The molecule has 0 spiro atoms. The van der Waals surface area contributed by atoms with E-state index in [9.17, 15) is 4.79 Å². The van der Waals surface area contributed by atoms with E-state index in [1.807, 2.05) is 43.3 Å². The minimum Gasteiger partial charge on any atom is -0.497 e. The van der Waals surface area contributed by atoms with E-state index < -0.39 is 6.10 Å². The topological polar surface area (TPSA) is 56.8 Å². The van der Waals surface area contributed by atoms with Crippen LogP contribution in [0, 0.1) is 0 Å². The normalized spacial score (nSPS) is 12.8. The molecule has 2 aromatic rings. The Morgan fingerprint density at radius 3 is 2.38 bits per heavy atom. The highest BCUT2D eigenvalue weighted by Crippen LogP contribution is 2.25. The molecule has 2 aromatic carbocycles. The second-order valence-corrected chi connectivity index (χ2v) is 5.41. The number of ether oxygens (including phenoxy) is 3. The predicted molar refractivity (Wildman–Crippen MR) is 92.6 cm³/mol. The predicted octanol–water partition coefficient (Wildman–Crippen LogP) is 3.35. The average molecular weight is 329 g/mol. The molecule has 0 radical (unpaired) electrons. The number of carbonyl (C=O) groups is 1. The highest BCUT2D eigenvalue weighted by molar-refractivity contribution is 5.81. The fourth-order valence-corrected chi connectivity index (χ4v) is 2.36. The summed E-state index contributed by atoms with van der Waals surface area (Å²) in [6.45, 7) is 3.62. The fourth-order valence-electron chi connectivity index (χ4n) is 2.36. The van der Waals surface area contributed by atoms with Crippen molar-refractivity contribution in [3.8, 4) is 17.2 Å². The molecule has 0 aliphatic rings. The lowest BCUT2D eigenvalue weighted by Crippen LogP contribution is -2.37. The van der Waals surface area contributed by atoms with Gasteiger partial charge in [0, 0.05) is 11.6 Å². The molecule has 2 rings (SSSR count). The van der Waals surface area contributed by atoms with E-state index in [1.54, 1.807) is 33.3 Å². The van der Waals surface area contributed by atoms with Crippen molar-refractivity contribution in [2.75, 3.05) is 14.2 Å². The molecule has 5 heteroatoms. The number of nitrogens with one attached hydrogen (secondary N) is 1. The van der Waals surface area contributed by atoms with Gasteiger partial charge in [0.15, 0.2) is 6.10 Å². The third-order valence-electron chi connectivity index (χ3n) is 3.69. The van der Waals surface area contributed by atoms with Gasteiger partial charge in [-0.15, -0.1) is 0 Å². The van der Waals surface area contributed by atoms with Crippen molar-refractivity contribution in [1.82, 2.24) is 5.32 Å². The fraction of sp³-hybridized carbons (Fsp3) is 0.316. The van der Waals surface area contributed by atoms with Crippen LogP contribution in [-0.2, 0) is 4.79 Å². The first-order valence-corrected chi connectivity index (χ1v) is 7.79. The van der Waals surface area contributed by atoms with E-state index in [-0.39, 0.29) is 11.9 Å². The number of hydrogen-bond acceptors (Lipinski definition) is 4. The number of benzene rings is 2. The zero-order valence-electron chi connectivity index (χ0n) is 14.4. The van der Waals surface area contributed by atoms with Gasteiger partial charge in [0.2, 0.25) is 0 Å². The molecule has 2 atom stereocenters. The standard InChI is InChI=1S/C19H23NO4/c1-13(17-10-5-6-11-18(17)23-4)20-19(21)14(2)24-16-9-7-8-15(12-16)22-3/h5-14H,1-4H3,(H,20,21)/t13-,14-/m0/s1. The Balaban J connectivity index is 2.00. The molecule has 0 aliphatic carbocycles. The minimum atomic E-state index is -0.630. The number of methoxy groups -OCH3 is 2. The number of amides is 1. The van der Waals surface area contributed by atoms with Crippen molar-refractivity contribution < 1.29 is 19.0 Å². The lowest BCUT2D eigenvalue weighted by atomic mass is 10.1.